The maximum atomic E-state index is 15.3. The molecule has 1 unspecified atom stereocenters. The van der Waals surface area contributed by atoms with Crippen LogP contribution in [-0.2, 0) is 22.4 Å². The summed E-state index contributed by atoms with van der Waals surface area (Å²) in [4.78, 5) is 57.1. The summed E-state index contributed by atoms with van der Waals surface area (Å²) in [6, 6.07) is 17.2. The van der Waals surface area contributed by atoms with Crippen LogP contribution in [-0.4, -0.2) is 72.4 Å². The lowest BCUT2D eigenvalue weighted by molar-refractivity contribution is -0.136. The zero-order valence-electron chi connectivity index (χ0n) is 25.9. The van der Waals surface area contributed by atoms with Crippen molar-refractivity contribution in [2.45, 2.75) is 18.9 Å². The molecular weight excluding hydrogens is 653 g/mol. The monoisotopic (exact) mass is 679 g/mol. The van der Waals surface area contributed by atoms with Gasteiger partial charge in [0.15, 0.2) is 11.6 Å². The summed E-state index contributed by atoms with van der Waals surface area (Å²) in [6.45, 7) is 0.156. The maximum absolute atomic E-state index is 15.3. The number of tetrazole rings is 1. The molecule has 0 saturated carbocycles. The van der Waals surface area contributed by atoms with Gasteiger partial charge in [-0.1, -0.05) is 41.9 Å². The number of rotatable bonds is 9. The molecule has 6 rings (SSSR count). The standard InChI is InChI=1S/C35H27ClFN7O5/c1-38-34(47)21-7-5-20(6-8-21)24-3-2-4-26-25(24)15-16-43(33(26)30(45)17-23-10-9-22(18-39-23)35(48)49)31(46)14-11-27-29(44-19-40-41-42-44)13-12-28(36)32(27)37/h2-14,18-19,33H,15-17H2,1H3,(H,38,47)(H,48,49)/b14-11+. The first-order valence-corrected chi connectivity index (χ1v) is 15.4. The smallest absolute Gasteiger partial charge is 0.337 e. The number of carboxylic acids is 1. The molecule has 1 aliphatic heterocycles. The molecule has 2 amide bonds. The third-order valence-electron chi connectivity index (χ3n) is 8.22. The fraction of sp³-hybridized carbons (Fsp3) is 0.143. The molecule has 5 aromatic rings. The second kappa shape index (κ2) is 14.0. The average molecular weight is 680 g/mol. The Labute approximate surface area is 283 Å². The molecule has 3 aromatic carbocycles. The Bertz CT molecular complexity index is 2100. The summed E-state index contributed by atoms with van der Waals surface area (Å²) in [5.74, 6) is -3.06. The number of carboxylic acid groups (broad SMARTS) is 1. The van der Waals surface area contributed by atoms with E-state index in [-0.39, 0.29) is 46.5 Å². The molecule has 0 fully saturated rings. The minimum Gasteiger partial charge on any atom is -0.478 e. The number of hydrogen-bond acceptors (Lipinski definition) is 8. The highest BCUT2D eigenvalue weighted by Crippen LogP contribution is 2.37. The largest absolute Gasteiger partial charge is 0.478 e. The molecule has 0 spiro atoms. The number of hydrogen-bond donors (Lipinski definition) is 2. The molecule has 2 aromatic heterocycles. The number of pyridine rings is 1. The normalized spacial score (nSPS) is 14.0. The van der Waals surface area contributed by atoms with E-state index in [9.17, 15) is 24.3 Å². The zero-order chi connectivity index (χ0) is 34.7. The lowest BCUT2D eigenvalue weighted by atomic mass is 9.84. The van der Waals surface area contributed by atoms with Crippen molar-refractivity contribution in [1.82, 2.24) is 35.4 Å². The van der Waals surface area contributed by atoms with E-state index in [1.807, 2.05) is 18.2 Å². The first-order valence-electron chi connectivity index (χ1n) is 15.0. The van der Waals surface area contributed by atoms with Crippen LogP contribution >= 0.6 is 11.6 Å². The van der Waals surface area contributed by atoms with Crippen LogP contribution in [0.1, 0.15) is 49.1 Å². The Morgan fingerprint density at radius 1 is 1.04 bits per heavy atom. The van der Waals surface area contributed by atoms with Crippen LogP contribution in [0.25, 0.3) is 22.9 Å². The quantitative estimate of drug-likeness (QED) is 0.213. The minimum atomic E-state index is -1.15. The molecule has 14 heteroatoms. The number of carbonyl (C=O) groups excluding carboxylic acids is 3. The number of aromatic nitrogens is 5. The second-order valence-electron chi connectivity index (χ2n) is 11.1. The molecule has 0 radical (unpaired) electrons. The number of nitrogens with zero attached hydrogens (tertiary/aromatic N) is 6. The number of benzene rings is 3. The lowest BCUT2D eigenvalue weighted by Gasteiger charge is -2.37. The number of carbonyl (C=O) groups is 4. The first kappa shape index (κ1) is 32.8. The number of Topliss-reactive ketones (excluding diaryl/α,β-unsaturated/α-hetero) is 1. The van der Waals surface area contributed by atoms with Crippen molar-refractivity contribution in [3.05, 3.63) is 130 Å². The molecule has 0 saturated heterocycles. The maximum Gasteiger partial charge on any atom is 0.337 e. The van der Waals surface area contributed by atoms with E-state index in [2.05, 4.69) is 25.8 Å². The van der Waals surface area contributed by atoms with Gasteiger partial charge >= 0.3 is 5.97 Å². The number of fused-ring (bicyclic) bond motifs is 1. The van der Waals surface area contributed by atoms with Crippen molar-refractivity contribution in [2.24, 2.45) is 0 Å². The van der Waals surface area contributed by atoms with Gasteiger partial charge in [-0.3, -0.25) is 19.4 Å². The average Bonchev–Trinajstić information content (AvgIpc) is 3.66. The highest BCUT2D eigenvalue weighted by Gasteiger charge is 2.36. The lowest BCUT2D eigenvalue weighted by Crippen LogP contribution is -2.43. The third kappa shape index (κ3) is 6.69. The van der Waals surface area contributed by atoms with Crippen molar-refractivity contribution in [2.75, 3.05) is 13.6 Å². The molecule has 0 aliphatic carbocycles. The molecule has 1 atom stereocenters. The van der Waals surface area contributed by atoms with Gasteiger partial charge in [-0.2, -0.15) is 4.68 Å². The Morgan fingerprint density at radius 3 is 2.49 bits per heavy atom. The van der Waals surface area contributed by atoms with E-state index < -0.39 is 23.7 Å². The zero-order valence-corrected chi connectivity index (χ0v) is 26.6. The highest BCUT2D eigenvalue weighted by molar-refractivity contribution is 6.31. The summed E-state index contributed by atoms with van der Waals surface area (Å²) in [6.07, 6.45) is 5.11. The molecule has 3 heterocycles. The van der Waals surface area contributed by atoms with Crippen LogP contribution < -0.4 is 5.32 Å². The van der Waals surface area contributed by atoms with Crippen molar-refractivity contribution < 1.29 is 28.7 Å². The van der Waals surface area contributed by atoms with Gasteiger partial charge in [0, 0.05) is 42.7 Å². The van der Waals surface area contributed by atoms with E-state index >= 15 is 4.39 Å². The van der Waals surface area contributed by atoms with Gasteiger partial charge in [-0.25, -0.2) is 9.18 Å². The number of ketones is 1. The van der Waals surface area contributed by atoms with Crippen LogP contribution in [0.2, 0.25) is 5.02 Å². The van der Waals surface area contributed by atoms with E-state index in [1.165, 1.54) is 58.5 Å². The molecule has 246 valence electrons. The topological polar surface area (TPSA) is 160 Å². The minimum absolute atomic E-state index is 0.0254. The van der Waals surface area contributed by atoms with E-state index in [0.717, 1.165) is 16.7 Å². The van der Waals surface area contributed by atoms with Crippen LogP contribution in [0.4, 0.5) is 4.39 Å². The number of nitrogens with one attached hydrogen (secondary N) is 1. The summed E-state index contributed by atoms with van der Waals surface area (Å²) in [7, 11) is 1.55. The van der Waals surface area contributed by atoms with Crippen molar-refractivity contribution in [3.8, 4) is 16.8 Å². The fourth-order valence-electron chi connectivity index (χ4n) is 5.84. The van der Waals surface area contributed by atoms with E-state index in [0.29, 0.717) is 23.2 Å². The van der Waals surface area contributed by atoms with Gasteiger partial charge < -0.3 is 15.3 Å². The Morgan fingerprint density at radius 2 is 1.82 bits per heavy atom. The molecule has 2 N–H and O–H groups in total. The molecule has 0 bridgehead atoms. The van der Waals surface area contributed by atoms with Crippen LogP contribution in [0.15, 0.2) is 85.3 Å². The predicted molar refractivity (Wildman–Crippen MR) is 176 cm³/mol. The van der Waals surface area contributed by atoms with Gasteiger partial charge in [0.1, 0.15) is 12.4 Å². The number of aromatic carboxylic acids is 1. The SMILES string of the molecule is CNC(=O)c1ccc(-c2cccc3c2CCN(C(=O)/C=C/c2c(-n4cnnn4)ccc(Cl)c2F)C3C(=O)Cc2ccc(C(=O)O)cn2)cc1. The predicted octanol–water partition coefficient (Wildman–Crippen LogP) is 4.53. The number of amides is 2. The Balaban J connectivity index is 1.38. The van der Waals surface area contributed by atoms with Gasteiger partial charge in [0.05, 0.1) is 22.7 Å². The van der Waals surface area contributed by atoms with Gasteiger partial charge in [-0.05, 0) is 81.6 Å². The van der Waals surface area contributed by atoms with Gasteiger partial charge in [0.25, 0.3) is 5.91 Å². The highest BCUT2D eigenvalue weighted by atomic mass is 35.5. The number of halogens is 2. The van der Waals surface area contributed by atoms with Gasteiger partial charge in [0.2, 0.25) is 5.91 Å². The Hall–Kier alpha value is -6.08. The van der Waals surface area contributed by atoms with Gasteiger partial charge in [-0.15, -0.1) is 5.10 Å². The first-order chi connectivity index (χ1) is 23.7. The van der Waals surface area contributed by atoms with E-state index in [1.54, 1.807) is 31.3 Å². The summed E-state index contributed by atoms with van der Waals surface area (Å²) < 4.78 is 16.5. The fourth-order valence-corrected chi connectivity index (χ4v) is 6.00. The van der Waals surface area contributed by atoms with E-state index in [4.69, 9.17) is 11.6 Å². The van der Waals surface area contributed by atoms with Crippen molar-refractivity contribution >= 4 is 41.2 Å². The van der Waals surface area contributed by atoms with Crippen molar-refractivity contribution in [3.63, 3.8) is 0 Å². The van der Waals surface area contributed by atoms with Crippen molar-refractivity contribution in [1.29, 1.82) is 0 Å². The summed E-state index contributed by atoms with van der Waals surface area (Å²) in [5, 5.41) is 22.7. The molecule has 49 heavy (non-hydrogen) atoms. The Kier molecular flexibility index (Phi) is 9.35. The summed E-state index contributed by atoms with van der Waals surface area (Å²) >= 11 is 6.06. The molecular formula is C35H27ClFN7O5. The second-order valence-corrected chi connectivity index (χ2v) is 11.5. The van der Waals surface area contributed by atoms with Crippen LogP contribution in [0.5, 0.6) is 0 Å². The van der Waals surface area contributed by atoms with Crippen LogP contribution in [0.3, 0.4) is 0 Å². The van der Waals surface area contributed by atoms with Crippen LogP contribution in [0, 0.1) is 5.82 Å². The third-order valence-corrected chi connectivity index (χ3v) is 8.51. The molecule has 12 nitrogen and oxygen atoms in total. The molecule has 1 aliphatic rings. The summed E-state index contributed by atoms with van der Waals surface area (Å²) in [5.41, 5.74) is 4.16.